The molecule has 0 aliphatic rings. The first kappa shape index (κ1) is 14.2. The van der Waals surface area contributed by atoms with Gasteiger partial charge in [-0.1, -0.05) is 0 Å². The molecule has 0 saturated heterocycles. The molecule has 0 rings (SSSR count). The van der Waals surface area contributed by atoms with E-state index in [1.807, 2.05) is 5.32 Å². The van der Waals surface area contributed by atoms with Gasteiger partial charge in [0.25, 0.3) is 0 Å². The van der Waals surface area contributed by atoms with Crippen LogP contribution in [0.15, 0.2) is 0 Å². The Hall–Kier alpha value is 0.220. The predicted molar refractivity (Wildman–Crippen MR) is 47.6 cm³/mol. The summed E-state index contributed by atoms with van der Waals surface area (Å²) < 4.78 is 21.2. The molecule has 0 aliphatic carbocycles. The molecule has 10 heteroatoms. The summed E-state index contributed by atoms with van der Waals surface area (Å²) in [7, 11) is -9.23. The second kappa shape index (κ2) is 4.83. The van der Waals surface area contributed by atoms with E-state index in [1.54, 1.807) is 0 Å². The minimum absolute atomic E-state index is 1.03. The molecule has 0 radical (unpaired) electrons. The Bertz CT molecular complexity index is 267. The number of hydrogen-bond donors (Lipinski definition) is 6. The van der Waals surface area contributed by atoms with E-state index >= 15 is 0 Å². The van der Waals surface area contributed by atoms with Gasteiger partial charge in [-0.3, -0.25) is 14.4 Å². The van der Waals surface area contributed by atoms with Crippen LogP contribution in [0, 0.1) is 0 Å². The first-order chi connectivity index (χ1) is 6.02. The largest absolute Gasteiger partial charge is 0.379 e. The van der Waals surface area contributed by atoms with E-state index in [-0.39, 0.29) is 0 Å². The predicted octanol–water partition coefficient (Wildman–Crippen LogP) is -1.40. The van der Waals surface area contributed by atoms with Crippen molar-refractivity contribution in [3.05, 3.63) is 0 Å². The van der Waals surface area contributed by atoms with Crippen LogP contribution in [0.3, 0.4) is 0 Å². The number of hydrogen-bond acceptors (Lipinski definition) is 4. The molecule has 0 heterocycles. The number of aliphatic hydroxyl groups excluding tert-OH is 1. The molecular weight excluding hydrogens is 236 g/mol. The minimum atomic E-state index is -4.69. The molecule has 0 spiro atoms. The molecule has 0 aromatic heterocycles. The van der Waals surface area contributed by atoms with Crippen molar-refractivity contribution in [2.45, 2.75) is 18.9 Å². The maximum Gasteiger partial charge on any atom is 0.343 e. The Morgan fingerprint density at radius 3 is 1.86 bits per heavy atom. The van der Waals surface area contributed by atoms with Crippen LogP contribution in [0.5, 0.6) is 0 Å². The third-order valence-corrected chi connectivity index (χ3v) is 3.52. The van der Waals surface area contributed by atoms with Gasteiger partial charge in [0.15, 0.2) is 0 Å². The normalized spacial score (nSPS) is 17.9. The second-order valence-electron chi connectivity index (χ2n) is 2.79. The maximum atomic E-state index is 10.7. The Kier molecular flexibility index (Phi) is 4.90. The Morgan fingerprint density at radius 1 is 1.21 bits per heavy atom. The van der Waals surface area contributed by atoms with Crippen LogP contribution in [-0.4, -0.2) is 42.9 Å². The van der Waals surface area contributed by atoms with Gasteiger partial charge in [-0.05, 0) is 6.92 Å². The van der Waals surface area contributed by atoms with Crippen molar-refractivity contribution in [3.8, 4) is 0 Å². The average molecular weight is 249 g/mol. The van der Waals surface area contributed by atoms with Gasteiger partial charge in [-0.25, -0.2) is 0 Å². The molecule has 8 nitrogen and oxygen atoms in total. The summed E-state index contributed by atoms with van der Waals surface area (Å²) in [5.74, 6) is -1.75. The molecule has 86 valence electrons. The lowest BCUT2D eigenvalue weighted by Crippen LogP contribution is -2.38. The fraction of sp³-hybridized carbons (Fsp3) is 1.00. The van der Waals surface area contributed by atoms with Gasteiger partial charge in [-0.2, -0.15) is 0 Å². The lowest BCUT2D eigenvalue weighted by Gasteiger charge is -2.21. The summed E-state index contributed by atoms with van der Waals surface area (Å²) in [5.41, 5.74) is 0. The molecule has 0 aromatic carbocycles. The molecule has 14 heavy (non-hydrogen) atoms. The number of aliphatic hydroxyl groups is 1. The highest BCUT2D eigenvalue weighted by atomic mass is 31.2. The van der Waals surface area contributed by atoms with E-state index in [0.717, 1.165) is 0 Å². The summed E-state index contributed by atoms with van der Waals surface area (Å²) in [6.45, 7) is 1.18. The minimum Gasteiger partial charge on any atom is -0.379 e. The van der Waals surface area contributed by atoms with Crippen molar-refractivity contribution in [1.29, 1.82) is 0 Å². The van der Waals surface area contributed by atoms with E-state index in [9.17, 15) is 9.13 Å². The van der Waals surface area contributed by atoms with Gasteiger partial charge in [0.1, 0.15) is 12.0 Å². The van der Waals surface area contributed by atoms with E-state index in [1.165, 1.54) is 6.92 Å². The maximum absolute atomic E-state index is 10.7. The molecule has 0 fully saturated rings. The molecule has 0 aromatic rings. The molecule has 0 aliphatic heterocycles. The van der Waals surface area contributed by atoms with Crippen LogP contribution in [0.2, 0.25) is 0 Å². The monoisotopic (exact) mass is 249 g/mol. The number of rotatable bonds is 5. The molecule has 0 amide bonds. The molecule has 0 bridgehead atoms. The van der Waals surface area contributed by atoms with Crippen LogP contribution in [0.25, 0.3) is 0 Å². The molecular formula is C4H13NO7P2. The summed E-state index contributed by atoms with van der Waals surface area (Å²) in [6.07, 6.45) is -2.29. The van der Waals surface area contributed by atoms with Crippen molar-refractivity contribution >= 4 is 15.2 Å². The van der Waals surface area contributed by atoms with Crippen molar-refractivity contribution in [2.75, 3.05) is 6.16 Å². The molecule has 2 atom stereocenters. The van der Waals surface area contributed by atoms with Gasteiger partial charge in [0.05, 0.1) is 6.16 Å². The highest BCUT2D eigenvalue weighted by Gasteiger charge is 2.35. The Morgan fingerprint density at radius 2 is 1.64 bits per heavy atom. The van der Waals surface area contributed by atoms with E-state index in [2.05, 4.69) is 0 Å². The number of nitrogens with one attached hydrogen (secondary N) is 1. The first-order valence-electron chi connectivity index (χ1n) is 3.56. The fourth-order valence-corrected chi connectivity index (χ4v) is 3.21. The standard InChI is InChI=1S/C4H13NO7P2/c1-3(6)5-4(14(10,11)12)2-13(7,8)9/h3-6H,2H2,1H3,(H2,7,8,9)(H2,10,11,12). The SMILES string of the molecule is CC(O)NC(CP(=O)(O)O)P(=O)(O)O. The highest BCUT2D eigenvalue weighted by Crippen LogP contribution is 2.47. The zero-order chi connectivity index (χ0) is 11.6. The lowest BCUT2D eigenvalue weighted by molar-refractivity contribution is 0.148. The van der Waals surface area contributed by atoms with E-state index in [4.69, 9.17) is 24.7 Å². The lowest BCUT2D eigenvalue weighted by atomic mass is 10.6. The van der Waals surface area contributed by atoms with Crippen LogP contribution >= 0.6 is 15.2 Å². The molecule has 2 unspecified atom stereocenters. The first-order valence-corrected chi connectivity index (χ1v) is 7.04. The fourth-order valence-electron chi connectivity index (χ4n) is 0.760. The van der Waals surface area contributed by atoms with Crippen LogP contribution in [0.1, 0.15) is 6.92 Å². The van der Waals surface area contributed by atoms with Crippen LogP contribution in [0.4, 0.5) is 0 Å². The van der Waals surface area contributed by atoms with E-state index < -0.39 is 33.4 Å². The van der Waals surface area contributed by atoms with Crippen LogP contribution in [-0.2, 0) is 9.13 Å². The second-order valence-corrected chi connectivity index (χ2v) is 6.29. The average Bonchev–Trinajstić information content (AvgIpc) is 1.78. The zero-order valence-corrected chi connectivity index (χ0v) is 9.10. The quantitative estimate of drug-likeness (QED) is 0.257. The molecule has 0 saturated carbocycles. The van der Waals surface area contributed by atoms with Gasteiger partial charge in [0.2, 0.25) is 0 Å². The van der Waals surface area contributed by atoms with Gasteiger partial charge < -0.3 is 24.7 Å². The van der Waals surface area contributed by atoms with Crippen molar-refractivity contribution in [1.82, 2.24) is 5.32 Å². The third kappa shape index (κ3) is 6.64. The summed E-state index contributed by atoms with van der Waals surface area (Å²) in [5, 5.41) is 10.8. The van der Waals surface area contributed by atoms with Crippen molar-refractivity contribution < 1.29 is 33.8 Å². The highest BCUT2D eigenvalue weighted by molar-refractivity contribution is 7.56. The Balaban J connectivity index is 4.59. The van der Waals surface area contributed by atoms with Gasteiger partial charge in [-0.15, -0.1) is 0 Å². The summed E-state index contributed by atoms with van der Waals surface area (Å²) in [4.78, 5) is 34.4. The summed E-state index contributed by atoms with van der Waals surface area (Å²) >= 11 is 0. The zero-order valence-electron chi connectivity index (χ0n) is 7.31. The van der Waals surface area contributed by atoms with Crippen molar-refractivity contribution in [3.63, 3.8) is 0 Å². The van der Waals surface area contributed by atoms with Gasteiger partial charge in [0, 0.05) is 0 Å². The van der Waals surface area contributed by atoms with Gasteiger partial charge >= 0.3 is 15.2 Å². The van der Waals surface area contributed by atoms with Crippen molar-refractivity contribution in [2.24, 2.45) is 0 Å². The van der Waals surface area contributed by atoms with E-state index in [0.29, 0.717) is 0 Å². The topological polar surface area (TPSA) is 147 Å². The Labute approximate surface area is 80.3 Å². The smallest absolute Gasteiger partial charge is 0.343 e. The summed E-state index contributed by atoms with van der Waals surface area (Å²) in [6, 6.07) is 0. The van der Waals surface area contributed by atoms with Crippen LogP contribution < -0.4 is 5.32 Å². The third-order valence-electron chi connectivity index (χ3n) is 1.25. The molecule has 6 N–H and O–H groups in total.